The Morgan fingerprint density at radius 3 is 2.76 bits per heavy atom. The van der Waals surface area contributed by atoms with Crippen LogP contribution in [0.2, 0.25) is 5.02 Å². The smallest absolute Gasteiger partial charge is 0.308 e. The Balaban J connectivity index is 2.32. The van der Waals surface area contributed by atoms with Crippen molar-refractivity contribution in [3.05, 3.63) is 23.2 Å². The lowest BCUT2D eigenvalue weighted by atomic mass is 10.1. The maximum atomic E-state index is 11.7. The number of hydrogen-bond donors (Lipinski definition) is 2. The average molecular weight is 256 g/mol. The number of rotatable bonds is 2. The maximum Gasteiger partial charge on any atom is 0.308 e. The molecule has 1 heterocycles. The van der Waals surface area contributed by atoms with Crippen molar-refractivity contribution in [3.63, 3.8) is 0 Å². The molecule has 0 spiro atoms. The van der Waals surface area contributed by atoms with Gasteiger partial charge in [0.15, 0.2) is 0 Å². The summed E-state index contributed by atoms with van der Waals surface area (Å²) in [6, 6.07) is 4.31. The molecule has 1 fully saturated rings. The molecule has 0 aromatic heterocycles. The van der Waals surface area contributed by atoms with Gasteiger partial charge in [-0.3, -0.25) is 9.59 Å². The summed E-state index contributed by atoms with van der Waals surface area (Å²) < 4.78 is 0. The highest BCUT2D eigenvalue weighted by Gasteiger charge is 2.36. The molecule has 0 aliphatic carbocycles. The Hall–Kier alpha value is -1.75. The fourth-order valence-electron chi connectivity index (χ4n) is 1.82. The van der Waals surface area contributed by atoms with Crippen LogP contribution < -0.4 is 4.90 Å². The third-order valence-electron chi connectivity index (χ3n) is 2.70. The first-order chi connectivity index (χ1) is 7.99. The predicted octanol–water partition coefficient (Wildman–Crippen LogP) is 1.48. The van der Waals surface area contributed by atoms with E-state index in [2.05, 4.69) is 0 Å². The lowest BCUT2D eigenvalue weighted by molar-refractivity contribution is -0.141. The van der Waals surface area contributed by atoms with Crippen LogP contribution in [0.15, 0.2) is 18.2 Å². The van der Waals surface area contributed by atoms with Gasteiger partial charge in [-0.2, -0.15) is 0 Å². The lowest BCUT2D eigenvalue weighted by Gasteiger charge is -2.17. The number of carbonyl (C=O) groups is 2. The van der Waals surface area contributed by atoms with Gasteiger partial charge < -0.3 is 15.1 Å². The molecule has 1 aliphatic rings. The molecule has 2 rings (SSSR count). The quantitative estimate of drug-likeness (QED) is 0.839. The Kier molecular flexibility index (Phi) is 2.93. The first kappa shape index (κ1) is 11.7. The summed E-state index contributed by atoms with van der Waals surface area (Å²) in [5, 5.41) is 18.9. The number of hydrogen-bond acceptors (Lipinski definition) is 3. The van der Waals surface area contributed by atoms with Crippen molar-refractivity contribution < 1.29 is 19.8 Å². The number of aliphatic carboxylic acids is 1. The Morgan fingerprint density at radius 2 is 2.18 bits per heavy atom. The molecule has 2 N–H and O–H groups in total. The fraction of sp³-hybridized carbons (Fsp3) is 0.273. The van der Waals surface area contributed by atoms with Crippen LogP contribution in [0.3, 0.4) is 0 Å². The molecule has 1 saturated heterocycles. The van der Waals surface area contributed by atoms with Gasteiger partial charge >= 0.3 is 5.97 Å². The molecule has 0 radical (unpaired) electrons. The number of nitrogens with zero attached hydrogens (tertiary/aromatic N) is 1. The highest BCUT2D eigenvalue weighted by atomic mass is 35.5. The van der Waals surface area contributed by atoms with Crippen LogP contribution in [0.4, 0.5) is 5.69 Å². The van der Waals surface area contributed by atoms with E-state index in [1.807, 2.05) is 0 Å². The van der Waals surface area contributed by atoms with Gasteiger partial charge in [-0.15, -0.1) is 0 Å². The summed E-state index contributed by atoms with van der Waals surface area (Å²) in [5.41, 5.74) is 0.256. The van der Waals surface area contributed by atoms with E-state index in [9.17, 15) is 14.7 Å². The number of benzene rings is 1. The predicted molar refractivity (Wildman–Crippen MR) is 61.2 cm³/mol. The van der Waals surface area contributed by atoms with Crippen molar-refractivity contribution in [1.29, 1.82) is 0 Å². The molecular formula is C11H10ClNO4. The van der Waals surface area contributed by atoms with Gasteiger partial charge in [0, 0.05) is 18.0 Å². The van der Waals surface area contributed by atoms with Crippen LogP contribution in [0, 0.1) is 5.92 Å². The van der Waals surface area contributed by atoms with Crippen molar-refractivity contribution in [2.45, 2.75) is 6.42 Å². The molecule has 0 unspecified atom stereocenters. The van der Waals surface area contributed by atoms with Crippen molar-refractivity contribution in [2.75, 3.05) is 11.4 Å². The summed E-state index contributed by atoms with van der Waals surface area (Å²) in [6.07, 6.45) is -0.0543. The molecule has 1 aliphatic heterocycles. The van der Waals surface area contributed by atoms with Crippen molar-refractivity contribution >= 4 is 29.2 Å². The number of carboxylic acid groups (broad SMARTS) is 1. The summed E-state index contributed by atoms with van der Waals surface area (Å²) in [5.74, 6) is -2.16. The zero-order valence-corrected chi connectivity index (χ0v) is 9.52. The lowest BCUT2D eigenvalue weighted by Crippen LogP contribution is -2.25. The Labute approximate surface area is 102 Å². The molecule has 1 aromatic rings. The molecule has 1 aromatic carbocycles. The summed E-state index contributed by atoms with van der Waals surface area (Å²) >= 11 is 5.78. The second-order valence-electron chi connectivity index (χ2n) is 3.88. The minimum atomic E-state index is -1.01. The highest BCUT2D eigenvalue weighted by Crippen LogP contribution is 2.34. The monoisotopic (exact) mass is 255 g/mol. The molecule has 1 amide bonds. The van der Waals surface area contributed by atoms with Crippen molar-refractivity contribution in [2.24, 2.45) is 5.92 Å². The molecule has 90 valence electrons. The van der Waals surface area contributed by atoms with Crippen LogP contribution in [0.5, 0.6) is 5.75 Å². The first-order valence-electron chi connectivity index (χ1n) is 5.00. The number of carbonyl (C=O) groups excluding carboxylic acids is 1. The Bertz CT molecular complexity index is 488. The topological polar surface area (TPSA) is 77.8 Å². The van der Waals surface area contributed by atoms with E-state index in [0.29, 0.717) is 5.02 Å². The number of phenols is 1. The van der Waals surface area contributed by atoms with Gasteiger partial charge in [-0.1, -0.05) is 11.6 Å². The SMILES string of the molecule is O=C(O)[C@H]1CC(=O)N(c2cc(Cl)ccc2O)C1. The van der Waals surface area contributed by atoms with Gasteiger partial charge in [-0.25, -0.2) is 0 Å². The van der Waals surface area contributed by atoms with Crippen LogP contribution in [-0.4, -0.2) is 28.6 Å². The molecular weight excluding hydrogens is 246 g/mol. The average Bonchev–Trinajstić information content (AvgIpc) is 2.64. The number of phenolic OH excluding ortho intramolecular Hbond substituents is 1. The van der Waals surface area contributed by atoms with Gasteiger partial charge in [0.25, 0.3) is 0 Å². The van der Waals surface area contributed by atoms with Crippen molar-refractivity contribution in [1.82, 2.24) is 0 Å². The molecule has 1 atom stereocenters. The maximum absolute atomic E-state index is 11.7. The number of aromatic hydroxyl groups is 1. The third kappa shape index (κ3) is 2.19. The number of anilines is 1. The van der Waals surface area contributed by atoms with E-state index in [0.717, 1.165) is 0 Å². The third-order valence-corrected chi connectivity index (χ3v) is 2.94. The van der Waals surface area contributed by atoms with E-state index in [1.54, 1.807) is 0 Å². The largest absolute Gasteiger partial charge is 0.506 e. The summed E-state index contributed by atoms with van der Waals surface area (Å²) in [6.45, 7) is 0.0576. The summed E-state index contributed by atoms with van der Waals surface area (Å²) in [4.78, 5) is 23.7. The standard InChI is InChI=1S/C11H10ClNO4/c12-7-1-2-9(14)8(4-7)13-5-6(11(16)17)3-10(13)15/h1-2,4,6,14H,3,5H2,(H,16,17)/t6-/m0/s1. The molecule has 0 bridgehead atoms. The second kappa shape index (κ2) is 4.25. The van der Waals surface area contributed by atoms with Crippen LogP contribution in [0.25, 0.3) is 0 Å². The summed E-state index contributed by atoms with van der Waals surface area (Å²) in [7, 11) is 0. The highest BCUT2D eigenvalue weighted by molar-refractivity contribution is 6.31. The molecule has 17 heavy (non-hydrogen) atoms. The second-order valence-corrected chi connectivity index (χ2v) is 4.31. The molecule has 0 saturated carbocycles. The van der Waals surface area contributed by atoms with Gasteiger partial charge in [0.2, 0.25) is 5.91 Å². The van der Waals surface area contributed by atoms with Crippen LogP contribution in [0.1, 0.15) is 6.42 Å². The normalized spacial score (nSPS) is 19.7. The number of halogens is 1. The van der Waals surface area contributed by atoms with E-state index in [1.165, 1.54) is 23.1 Å². The first-order valence-corrected chi connectivity index (χ1v) is 5.38. The minimum Gasteiger partial charge on any atom is -0.506 e. The van der Waals surface area contributed by atoms with Crippen LogP contribution >= 0.6 is 11.6 Å². The zero-order chi connectivity index (χ0) is 12.6. The van der Waals surface area contributed by atoms with E-state index in [-0.39, 0.29) is 30.3 Å². The van der Waals surface area contributed by atoms with Gasteiger partial charge in [0.05, 0.1) is 11.6 Å². The van der Waals surface area contributed by atoms with Crippen molar-refractivity contribution in [3.8, 4) is 5.75 Å². The van der Waals surface area contributed by atoms with Gasteiger partial charge in [-0.05, 0) is 18.2 Å². The Morgan fingerprint density at radius 1 is 1.47 bits per heavy atom. The van der Waals surface area contributed by atoms with E-state index in [4.69, 9.17) is 16.7 Å². The molecule has 5 nitrogen and oxygen atoms in total. The van der Waals surface area contributed by atoms with Gasteiger partial charge in [0.1, 0.15) is 5.75 Å². The number of carboxylic acids is 1. The fourth-order valence-corrected chi connectivity index (χ4v) is 1.98. The zero-order valence-electron chi connectivity index (χ0n) is 8.76. The van der Waals surface area contributed by atoms with E-state index >= 15 is 0 Å². The molecule has 6 heteroatoms. The van der Waals surface area contributed by atoms with Crippen LogP contribution in [-0.2, 0) is 9.59 Å². The minimum absolute atomic E-state index is 0.0543. The number of amides is 1. The van der Waals surface area contributed by atoms with E-state index < -0.39 is 11.9 Å².